The van der Waals surface area contributed by atoms with E-state index in [0.29, 0.717) is 17.8 Å². The molecule has 1 aromatic rings. The summed E-state index contributed by atoms with van der Waals surface area (Å²) in [5, 5.41) is 11.5. The minimum atomic E-state index is -0.0712. The number of carbonyl (C=O) groups excluding carboxylic acids is 1. The monoisotopic (exact) mass is 150 g/mol. The summed E-state index contributed by atoms with van der Waals surface area (Å²) in [5.74, 6) is 0.00375. The number of nitrogens with zero attached hydrogens (tertiary/aromatic N) is 1. The molecule has 0 bridgehead atoms. The molecule has 0 radical (unpaired) electrons. The molecule has 56 valence electrons. The zero-order chi connectivity index (χ0) is 7.84. The van der Waals surface area contributed by atoms with Crippen LogP contribution in [0.3, 0.4) is 0 Å². The van der Waals surface area contributed by atoms with Crippen LogP contribution in [0.2, 0.25) is 0 Å². The van der Waals surface area contributed by atoms with E-state index in [9.17, 15) is 4.79 Å². The molecule has 0 spiro atoms. The van der Waals surface area contributed by atoms with Gasteiger partial charge in [0, 0.05) is 6.07 Å². The van der Waals surface area contributed by atoms with Crippen molar-refractivity contribution in [3.63, 3.8) is 0 Å². The van der Waals surface area contributed by atoms with Gasteiger partial charge >= 0.3 is 0 Å². The van der Waals surface area contributed by atoms with Crippen molar-refractivity contribution in [1.82, 2.24) is 4.98 Å². The van der Waals surface area contributed by atoms with E-state index >= 15 is 0 Å². The van der Waals surface area contributed by atoms with Gasteiger partial charge in [-0.15, -0.1) is 0 Å². The van der Waals surface area contributed by atoms with Crippen LogP contribution in [0.15, 0.2) is 12.3 Å². The lowest BCUT2D eigenvalue weighted by atomic mass is 10.3. The van der Waals surface area contributed by atoms with Gasteiger partial charge < -0.3 is 10.4 Å². The number of hydrogen-bond donors (Lipinski definition) is 2. The predicted octanol–water partition coefficient (Wildman–Crippen LogP) is 0.282. The highest BCUT2D eigenvalue weighted by Gasteiger charge is 2.18. The Hall–Kier alpha value is -1.58. The van der Waals surface area contributed by atoms with Gasteiger partial charge in [0.05, 0.1) is 24.0 Å². The smallest absolute Gasteiger partial charge is 0.230 e. The van der Waals surface area contributed by atoms with Gasteiger partial charge in [0.1, 0.15) is 5.75 Å². The summed E-state index contributed by atoms with van der Waals surface area (Å²) < 4.78 is 0. The minimum Gasteiger partial charge on any atom is -0.506 e. The van der Waals surface area contributed by atoms with Gasteiger partial charge in [-0.05, 0) is 0 Å². The van der Waals surface area contributed by atoms with Crippen LogP contribution < -0.4 is 5.32 Å². The fourth-order valence-corrected chi connectivity index (χ4v) is 1.08. The van der Waals surface area contributed by atoms with E-state index < -0.39 is 0 Å². The second-order valence-electron chi connectivity index (χ2n) is 2.41. The van der Waals surface area contributed by atoms with E-state index in [1.54, 1.807) is 0 Å². The van der Waals surface area contributed by atoms with Crippen molar-refractivity contribution in [2.24, 2.45) is 0 Å². The van der Waals surface area contributed by atoms with Gasteiger partial charge in [-0.2, -0.15) is 0 Å². The SMILES string of the molecule is O=C1Cc2ncc(O)cc2N1. The summed E-state index contributed by atoms with van der Waals surface area (Å²) in [6.45, 7) is 0. The molecule has 0 atom stereocenters. The molecule has 0 saturated heterocycles. The second kappa shape index (κ2) is 1.95. The normalized spacial score (nSPS) is 14.4. The van der Waals surface area contributed by atoms with Crippen molar-refractivity contribution in [2.75, 3.05) is 5.32 Å². The molecule has 1 aliphatic heterocycles. The maximum absolute atomic E-state index is 10.8. The Bertz CT molecular complexity index is 322. The van der Waals surface area contributed by atoms with Crippen LogP contribution in [0.4, 0.5) is 5.69 Å². The lowest BCUT2D eigenvalue weighted by molar-refractivity contribution is -0.115. The van der Waals surface area contributed by atoms with Crippen molar-refractivity contribution >= 4 is 11.6 Å². The van der Waals surface area contributed by atoms with Crippen molar-refractivity contribution in [3.8, 4) is 5.75 Å². The van der Waals surface area contributed by atoms with Crippen LogP contribution in [0.1, 0.15) is 5.69 Å². The standard InChI is InChI=1S/C7H6N2O2/c10-4-1-6-5(8-3-4)2-7(11)9-6/h1,3,10H,2H2,(H,9,11). The number of pyridine rings is 1. The molecule has 4 nitrogen and oxygen atoms in total. The summed E-state index contributed by atoms with van der Waals surface area (Å²) in [5.41, 5.74) is 1.32. The Morgan fingerprint density at radius 1 is 1.64 bits per heavy atom. The molecule has 0 aromatic carbocycles. The molecule has 0 fully saturated rings. The number of amides is 1. The van der Waals surface area contributed by atoms with Crippen molar-refractivity contribution < 1.29 is 9.90 Å². The molecular formula is C7H6N2O2. The number of fused-ring (bicyclic) bond motifs is 1. The van der Waals surface area contributed by atoms with Crippen LogP contribution in [-0.4, -0.2) is 16.0 Å². The molecule has 0 aliphatic carbocycles. The second-order valence-corrected chi connectivity index (χ2v) is 2.41. The Balaban J connectivity index is 2.51. The summed E-state index contributed by atoms with van der Waals surface area (Å²) in [6.07, 6.45) is 1.65. The van der Waals surface area contributed by atoms with Crippen LogP contribution >= 0.6 is 0 Å². The first-order chi connectivity index (χ1) is 5.25. The maximum Gasteiger partial charge on any atom is 0.230 e. The number of aromatic hydroxyl groups is 1. The van der Waals surface area contributed by atoms with Crippen molar-refractivity contribution in [1.29, 1.82) is 0 Å². The average molecular weight is 150 g/mol. The van der Waals surface area contributed by atoms with Crippen molar-refractivity contribution in [3.05, 3.63) is 18.0 Å². The molecule has 1 amide bonds. The highest BCUT2D eigenvalue weighted by Crippen LogP contribution is 2.23. The van der Waals surface area contributed by atoms with Gasteiger partial charge in [-0.3, -0.25) is 9.78 Å². The molecule has 11 heavy (non-hydrogen) atoms. The molecule has 2 heterocycles. The van der Waals surface area contributed by atoms with Gasteiger partial charge in [-0.1, -0.05) is 0 Å². The lowest BCUT2D eigenvalue weighted by Gasteiger charge is -1.96. The van der Waals surface area contributed by atoms with Crippen LogP contribution in [0, 0.1) is 0 Å². The first-order valence-electron chi connectivity index (χ1n) is 3.23. The average Bonchev–Trinajstić information content (AvgIpc) is 2.27. The quantitative estimate of drug-likeness (QED) is 0.558. The third-order valence-corrected chi connectivity index (χ3v) is 1.56. The molecule has 2 N–H and O–H groups in total. The van der Waals surface area contributed by atoms with Gasteiger partial charge in [0.15, 0.2) is 0 Å². The Kier molecular flexibility index (Phi) is 1.09. The highest BCUT2D eigenvalue weighted by molar-refractivity contribution is 5.98. The summed E-state index contributed by atoms with van der Waals surface area (Å²) in [4.78, 5) is 14.7. The maximum atomic E-state index is 10.8. The Labute approximate surface area is 62.9 Å². The number of rotatable bonds is 0. The number of hydrogen-bond acceptors (Lipinski definition) is 3. The van der Waals surface area contributed by atoms with Crippen molar-refractivity contribution in [2.45, 2.75) is 6.42 Å². The first-order valence-corrected chi connectivity index (χ1v) is 3.23. The summed E-state index contributed by atoms with van der Waals surface area (Å²) in [7, 11) is 0. The van der Waals surface area contributed by atoms with Gasteiger partial charge in [-0.25, -0.2) is 0 Å². The topological polar surface area (TPSA) is 62.2 Å². The lowest BCUT2D eigenvalue weighted by Crippen LogP contribution is -2.03. The van der Waals surface area contributed by atoms with Crippen LogP contribution in [0.5, 0.6) is 5.75 Å². The summed E-state index contributed by atoms with van der Waals surface area (Å²) >= 11 is 0. The molecule has 0 saturated carbocycles. The van der Waals surface area contributed by atoms with E-state index in [0.717, 1.165) is 0 Å². The molecule has 0 unspecified atom stereocenters. The minimum absolute atomic E-state index is 0.0712. The highest BCUT2D eigenvalue weighted by atomic mass is 16.3. The fourth-order valence-electron chi connectivity index (χ4n) is 1.08. The van der Waals surface area contributed by atoms with E-state index in [1.807, 2.05) is 0 Å². The molecular weight excluding hydrogens is 144 g/mol. The number of nitrogens with one attached hydrogen (secondary N) is 1. The van der Waals surface area contributed by atoms with Gasteiger partial charge in [0.2, 0.25) is 5.91 Å². The molecule has 1 aromatic heterocycles. The third kappa shape index (κ3) is 0.920. The van der Waals surface area contributed by atoms with E-state index in [2.05, 4.69) is 10.3 Å². The number of carbonyl (C=O) groups is 1. The van der Waals surface area contributed by atoms with E-state index in [-0.39, 0.29) is 11.7 Å². The van der Waals surface area contributed by atoms with E-state index in [1.165, 1.54) is 12.3 Å². The van der Waals surface area contributed by atoms with Crippen LogP contribution in [-0.2, 0) is 11.2 Å². The van der Waals surface area contributed by atoms with Crippen LogP contribution in [0.25, 0.3) is 0 Å². The molecule has 1 aliphatic rings. The zero-order valence-corrected chi connectivity index (χ0v) is 5.66. The fraction of sp³-hybridized carbons (Fsp3) is 0.143. The predicted molar refractivity (Wildman–Crippen MR) is 38.2 cm³/mol. The molecule has 4 heteroatoms. The Morgan fingerprint density at radius 3 is 3.27 bits per heavy atom. The number of anilines is 1. The molecule has 2 rings (SSSR count). The third-order valence-electron chi connectivity index (χ3n) is 1.56. The van der Waals surface area contributed by atoms with Gasteiger partial charge in [0.25, 0.3) is 0 Å². The Morgan fingerprint density at radius 2 is 2.45 bits per heavy atom. The number of aromatic nitrogens is 1. The summed E-state index contributed by atoms with van der Waals surface area (Å²) in [6, 6.07) is 1.49. The van der Waals surface area contributed by atoms with E-state index in [4.69, 9.17) is 5.11 Å². The zero-order valence-electron chi connectivity index (χ0n) is 5.66. The first kappa shape index (κ1) is 6.15. The largest absolute Gasteiger partial charge is 0.506 e.